The van der Waals surface area contributed by atoms with Crippen molar-refractivity contribution in [2.24, 2.45) is 0 Å². The maximum absolute atomic E-state index is 5.99. The van der Waals surface area contributed by atoms with Crippen LogP contribution in [0.2, 0.25) is 0 Å². The number of ether oxygens (including phenoxy) is 1. The first-order valence-corrected chi connectivity index (χ1v) is 7.51. The highest BCUT2D eigenvalue weighted by atomic mass is 32.1. The van der Waals surface area contributed by atoms with E-state index in [2.05, 4.69) is 28.7 Å². The molecular formula is C14H21N3OS. The van der Waals surface area contributed by atoms with Crippen molar-refractivity contribution >= 4 is 12.2 Å². The molecule has 2 unspecified atom stereocenters. The second-order valence-electron chi connectivity index (χ2n) is 5.83. The quantitative estimate of drug-likeness (QED) is 0.845. The summed E-state index contributed by atoms with van der Waals surface area (Å²) in [5, 5.41) is 0. The monoisotopic (exact) mass is 279 g/mol. The third kappa shape index (κ3) is 2.73. The molecule has 1 aromatic rings. The van der Waals surface area contributed by atoms with E-state index in [1.54, 1.807) is 0 Å². The van der Waals surface area contributed by atoms with Crippen LogP contribution in [-0.4, -0.2) is 40.6 Å². The SMILES string of the molecule is CC(C)c1cc(=S)nc(C2CN3CCCC3CO2)[nH]1. The van der Waals surface area contributed by atoms with E-state index in [0.29, 0.717) is 16.6 Å². The molecule has 0 saturated carbocycles. The lowest BCUT2D eigenvalue weighted by Crippen LogP contribution is -2.42. The van der Waals surface area contributed by atoms with Gasteiger partial charge in [0.25, 0.3) is 0 Å². The van der Waals surface area contributed by atoms with Crippen LogP contribution in [0, 0.1) is 4.64 Å². The first-order chi connectivity index (χ1) is 9.13. The summed E-state index contributed by atoms with van der Waals surface area (Å²) >= 11 is 5.27. The lowest BCUT2D eigenvalue weighted by atomic mass is 10.1. The van der Waals surface area contributed by atoms with Crippen molar-refractivity contribution in [1.82, 2.24) is 14.9 Å². The summed E-state index contributed by atoms with van der Waals surface area (Å²) in [6, 6.07) is 2.57. The van der Waals surface area contributed by atoms with Crippen molar-refractivity contribution in [3.8, 4) is 0 Å². The van der Waals surface area contributed by atoms with Crippen molar-refractivity contribution in [3.63, 3.8) is 0 Å². The minimum absolute atomic E-state index is 0.0368. The molecule has 0 radical (unpaired) electrons. The van der Waals surface area contributed by atoms with Gasteiger partial charge in [0.05, 0.1) is 6.61 Å². The van der Waals surface area contributed by atoms with Crippen LogP contribution in [0.3, 0.4) is 0 Å². The third-order valence-corrected chi connectivity index (χ3v) is 4.31. The molecule has 0 aromatic carbocycles. The van der Waals surface area contributed by atoms with E-state index in [1.807, 2.05) is 6.07 Å². The van der Waals surface area contributed by atoms with Gasteiger partial charge in [-0.1, -0.05) is 26.1 Å². The van der Waals surface area contributed by atoms with Crippen molar-refractivity contribution in [1.29, 1.82) is 0 Å². The van der Waals surface area contributed by atoms with Crippen LogP contribution in [0.15, 0.2) is 6.07 Å². The predicted octanol–water partition coefficient (Wildman–Crippen LogP) is 2.80. The van der Waals surface area contributed by atoms with Gasteiger partial charge < -0.3 is 9.72 Å². The second-order valence-corrected chi connectivity index (χ2v) is 6.25. The number of aromatic nitrogens is 2. The van der Waals surface area contributed by atoms with Crippen molar-refractivity contribution < 1.29 is 4.74 Å². The minimum Gasteiger partial charge on any atom is -0.367 e. The summed E-state index contributed by atoms with van der Waals surface area (Å²) in [5.41, 5.74) is 1.14. The second kappa shape index (κ2) is 5.31. The van der Waals surface area contributed by atoms with Gasteiger partial charge in [0.15, 0.2) is 0 Å². The van der Waals surface area contributed by atoms with Crippen molar-refractivity contribution in [2.45, 2.75) is 44.8 Å². The Morgan fingerprint density at radius 2 is 2.37 bits per heavy atom. The van der Waals surface area contributed by atoms with Crippen molar-refractivity contribution in [2.75, 3.05) is 19.7 Å². The summed E-state index contributed by atoms with van der Waals surface area (Å²) < 4.78 is 6.64. The molecule has 0 bridgehead atoms. The van der Waals surface area contributed by atoms with Crippen LogP contribution in [0.4, 0.5) is 0 Å². The topological polar surface area (TPSA) is 41.2 Å². The van der Waals surface area contributed by atoms with Gasteiger partial charge in [0, 0.05) is 18.3 Å². The number of nitrogens with one attached hydrogen (secondary N) is 1. The Bertz CT molecular complexity index is 514. The largest absolute Gasteiger partial charge is 0.367 e. The van der Waals surface area contributed by atoms with E-state index < -0.39 is 0 Å². The molecule has 1 N–H and O–H groups in total. The lowest BCUT2D eigenvalue weighted by molar-refractivity contribution is -0.0542. The highest BCUT2D eigenvalue weighted by Crippen LogP contribution is 2.29. The maximum atomic E-state index is 5.99. The molecule has 2 aliphatic heterocycles. The maximum Gasteiger partial charge on any atom is 0.138 e. The number of nitrogens with zero attached hydrogens (tertiary/aromatic N) is 2. The molecule has 2 aliphatic rings. The summed E-state index contributed by atoms with van der Waals surface area (Å²) in [6.45, 7) is 7.25. The van der Waals surface area contributed by atoms with Gasteiger partial charge >= 0.3 is 0 Å². The van der Waals surface area contributed by atoms with Crippen LogP contribution in [0.25, 0.3) is 0 Å². The third-order valence-electron chi connectivity index (χ3n) is 4.10. The van der Waals surface area contributed by atoms with Gasteiger partial charge in [-0.15, -0.1) is 0 Å². The normalized spacial score (nSPS) is 27.7. The van der Waals surface area contributed by atoms with E-state index >= 15 is 0 Å². The zero-order chi connectivity index (χ0) is 13.4. The van der Waals surface area contributed by atoms with E-state index in [9.17, 15) is 0 Å². The smallest absolute Gasteiger partial charge is 0.138 e. The molecule has 2 fully saturated rings. The summed E-state index contributed by atoms with van der Waals surface area (Å²) in [6.07, 6.45) is 2.59. The fraction of sp³-hybridized carbons (Fsp3) is 0.714. The molecule has 4 nitrogen and oxygen atoms in total. The fourth-order valence-corrected chi connectivity index (χ4v) is 3.17. The Balaban J connectivity index is 1.84. The van der Waals surface area contributed by atoms with E-state index in [1.165, 1.54) is 19.4 Å². The number of aromatic amines is 1. The van der Waals surface area contributed by atoms with Crippen LogP contribution in [-0.2, 0) is 4.74 Å². The number of morpholine rings is 1. The molecule has 0 spiro atoms. The van der Waals surface area contributed by atoms with E-state index in [4.69, 9.17) is 17.0 Å². The average molecular weight is 279 g/mol. The Kier molecular flexibility index (Phi) is 3.69. The standard InChI is InChI=1S/C14H21N3OS/c1-9(2)11-6-13(19)16-14(15-11)12-7-17-5-3-4-10(17)8-18-12/h6,9-10,12H,3-5,7-8H2,1-2H3,(H,15,16,19). The number of hydrogen-bond acceptors (Lipinski definition) is 4. The zero-order valence-electron chi connectivity index (χ0n) is 11.6. The Morgan fingerprint density at radius 3 is 3.16 bits per heavy atom. The van der Waals surface area contributed by atoms with Gasteiger partial charge in [-0.2, -0.15) is 0 Å². The van der Waals surface area contributed by atoms with E-state index in [-0.39, 0.29) is 6.10 Å². The molecule has 1 aromatic heterocycles. The van der Waals surface area contributed by atoms with Crippen LogP contribution in [0.5, 0.6) is 0 Å². The molecule has 5 heteroatoms. The molecular weight excluding hydrogens is 258 g/mol. The molecule has 2 saturated heterocycles. The van der Waals surface area contributed by atoms with Crippen LogP contribution in [0.1, 0.15) is 50.2 Å². The highest BCUT2D eigenvalue weighted by molar-refractivity contribution is 7.71. The molecule has 3 heterocycles. The first kappa shape index (κ1) is 13.2. The summed E-state index contributed by atoms with van der Waals surface area (Å²) in [4.78, 5) is 10.4. The molecule has 3 rings (SSSR count). The Hall–Kier alpha value is -0.780. The Morgan fingerprint density at radius 1 is 1.53 bits per heavy atom. The van der Waals surface area contributed by atoms with Gasteiger partial charge in [0.1, 0.15) is 16.6 Å². The molecule has 2 atom stereocenters. The van der Waals surface area contributed by atoms with Gasteiger partial charge in [-0.25, -0.2) is 4.98 Å². The highest BCUT2D eigenvalue weighted by Gasteiger charge is 2.33. The molecule has 19 heavy (non-hydrogen) atoms. The number of rotatable bonds is 2. The van der Waals surface area contributed by atoms with Gasteiger partial charge in [0.2, 0.25) is 0 Å². The zero-order valence-corrected chi connectivity index (χ0v) is 12.4. The van der Waals surface area contributed by atoms with Crippen molar-refractivity contribution in [3.05, 3.63) is 22.2 Å². The minimum atomic E-state index is 0.0368. The Labute approximate surface area is 119 Å². The molecule has 104 valence electrons. The summed E-state index contributed by atoms with van der Waals surface area (Å²) in [7, 11) is 0. The molecule has 0 aliphatic carbocycles. The lowest BCUT2D eigenvalue weighted by Gasteiger charge is -2.34. The first-order valence-electron chi connectivity index (χ1n) is 7.10. The van der Waals surface area contributed by atoms with Gasteiger partial charge in [-0.3, -0.25) is 4.90 Å². The predicted molar refractivity (Wildman–Crippen MR) is 76.8 cm³/mol. The average Bonchev–Trinajstić information content (AvgIpc) is 2.85. The van der Waals surface area contributed by atoms with Crippen LogP contribution >= 0.6 is 12.2 Å². The van der Waals surface area contributed by atoms with E-state index in [0.717, 1.165) is 24.7 Å². The fourth-order valence-electron chi connectivity index (χ4n) is 2.94. The number of hydrogen-bond donors (Lipinski definition) is 1. The number of H-pyrrole nitrogens is 1. The van der Waals surface area contributed by atoms with Crippen LogP contribution < -0.4 is 0 Å². The number of fused-ring (bicyclic) bond motifs is 1. The molecule has 0 amide bonds. The van der Waals surface area contributed by atoms with Gasteiger partial charge in [-0.05, 0) is 31.4 Å². The summed E-state index contributed by atoms with van der Waals surface area (Å²) in [5.74, 6) is 1.31.